The number of amides is 2. The van der Waals surface area contributed by atoms with Crippen molar-refractivity contribution < 1.29 is 43.2 Å². The number of hydrogen-bond acceptors (Lipinski definition) is 9. The molecule has 0 aromatic heterocycles. The minimum absolute atomic E-state index is 0.0171. The van der Waals surface area contributed by atoms with E-state index in [2.05, 4.69) is 24.9 Å². The van der Waals surface area contributed by atoms with Gasteiger partial charge in [-0.1, -0.05) is 131 Å². The van der Waals surface area contributed by atoms with Gasteiger partial charge in [-0.15, -0.1) is 6.58 Å². The van der Waals surface area contributed by atoms with Crippen molar-refractivity contribution in [2.75, 3.05) is 26.4 Å². The molecule has 11 nitrogen and oxygen atoms in total. The van der Waals surface area contributed by atoms with Gasteiger partial charge in [0.15, 0.2) is 0 Å². The van der Waals surface area contributed by atoms with E-state index >= 15 is 4.79 Å². The number of ether oxygens (including phenoxy) is 3. The highest BCUT2D eigenvalue weighted by Crippen LogP contribution is 2.62. The molecule has 3 aromatic carbocycles. The summed E-state index contributed by atoms with van der Waals surface area (Å²) in [5, 5.41) is 27.7. The first kappa shape index (κ1) is 52.3. The van der Waals surface area contributed by atoms with Gasteiger partial charge in [0.1, 0.15) is 30.0 Å². The molecule has 68 heavy (non-hydrogen) atoms. The van der Waals surface area contributed by atoms with Crippen LogP contribution >= 0.6 is 0 Å². The zero-order valence-electron chi connectivity index (χ0n) is 40.6. The number of benzene rings is 3. The Hall–Kier alpha value is -5.04. The molecular weight excluding hydrogens is 862 g/mol. The van der Waals surface area contributed by atoms with Gasteiger partial charge in [-0.3, -0.25) is 4.79 Å². The van der Waals surface area contributed by atoms with Crippen molar-refractivity contribution in [2.45, 2.75) is 154 Å². The highest BCUT2D eigenvalue weighted by molar-refractivity contribution is 6.03. The minimum atomic E-state index is -1.47. The standard InChI is InChI=1S/C56H76FN3O8/c1-4-7-8-9-10-11-12-13-17-26-52(63)60(39-41-27-29-44(57)30-28-41)51-38-49(59-66-40-42-22-15-14-16-23-42)47-36-43(24-18-20-33-61)46(25-19-21-34-62)53-48-37-45(67-55(64)58-6-3)31-32-50(48)68-56(51,54(47)53)65-35-5-2/h5,14-16,22-23,27-32,36-37,43,46,51,53-54,61-62H,2,4,6-13,17-21,24-26,33-35,38-40H2,1,3H3,(H,58,64)/t43-,46+,51-,53+,54+,56+/m0/s1. The van der Waals surface area contributed by atoms with Gasteiger partial charge < -0.3 is 39.5 Å². The molecule has 0 saturated heterocycles. The maximum absolute atomic E-state index is 15.2. The lowest BCUT2D eigenvalue weighted by molar-refractivity contribution is -0.258. The quantitative estimate of drug-likeness (QED) is 0.0355. The van der Waals surface area contributed by atoms with Crippen LogP contribution in [0.15, 0.2) is 102 Å². The fraction of sp³-hybridized carbons (Fsp3) is 0.554. The summed E-state index contributed by atoms with van der Waals surface area (Å²) in [5.74, 6) is -1.83. The zero-order chi connectivity index (χ0) is 48.1. The summed E-state index contributed by atoms with van der Waals surface area (Å²) in [6, 6.07) is 20.9. The van der Waals surface area contributed by atoms with Crippen LogP contribution in [0.2, 0.25) is 0 Å². The van der Waals surface area contributed by atoms with Crippen LogP contribution in [0.5, 0.6) is 11.5 Å². The molecule has 2 aliphatic carbocycles. The van der Waals surface area contributed by atoms with E-state index in [1.54, 1.807) is 24.3 Å². The summed E-state index contributed by atoms with van der Waals surface area (Å²) in [6.45, 7) is 9.19. The Labute approximate surface area is 404 Å². The van der Waals surface area contributed by atoms with Gasteiger partial charge in [-0.05, 0) is 97.9 Å². The van der Waals surface area contributed by atoms with Crippen molar-refractivity contribution in [2.24, 2.45) is 22.9 Å². The van der Waals surface area contributed by atoms with Gasteiger partial charge >= 0.3 is 6.09 Å². The molecular formula is C56H76FN3O8. The van der Waals surface area contributed by atoms with E-state index in [0.29, 0.717) is 43.0 Å². The lowest BCUT2D eigenvalue weighted by atomic mass is 9.55. The molecule has 2 amide bonds. The summed E-state index contributed by atoms with van der Waals surface area (Å²) < 4.78 is 34.9. The normalized spacial score (nSPS) is 22.0. The van der Waals surface area contributed by atoms with Gasteiger partial charge in [0, 0.05) is 50.6 Å². The lowest BCUT2D eigenvalue weighted by Crippen LogP contribution is -2.70. The van der Waals surface area contributed by atoms with Gasteiger partial charge in [-0.25, -0.2) is 9.18 Å². The van der Waals surface area contributed by atoms with Crippen LogP contribution in [0.1, 0.15) is 146 Å². The molecule has 12 heteroatoms. The molecule has 1 heterocycles. The molecule has 1 saturated carbocycles. The Kier molecular flexibility index (Phi) is 21.0. The molecule has 1 aliphatic heterocycles. The zero-order valence-corrected chi connectivity index (χ0v) is 40.6. The Morgan fingerprint density at radius 1 is 0.882 bits per heavy atom. The van der Waals surface area contributed by atoms with Gasteiger partial charge in [0.25, 0.3) is 0 Å². The topological polar surface area (TPSA) is 139 Å². The highest BCUT2D eigenvalue weighted by atomic mass is 19.1. The van der Waals surface area contributed by atoms with E-state index in [-0.39, 0.29) is 68.9 Å². The largest absolute Gasteiger partial charge is 0.459 e. The van der Waals surface area contributed by atoms with Crippen molar-refractivity contribution >= 4 is 17.7 Å². The molecule has 0 spiro atoms. The van der Waals surface area contributed by atoms with E-state index in [1.165, 1.54) is 44.2 Å². The summed E-state index contributed by atoms with van der Waals surface area (Å²) in [7, 11) is 0. The maximum atomic E-state index is 15.2. The number of allylic oxidation sites excluding steroid dienone is 1. The number of fused-ring (bicyclic) bond motifs is 2. The second-order valence-corrected chi connectivity index (χ2v) is 18.7. The SMILES string of the molecule is C=CCO[C@@]12Oc3ccc(OC(=O)NCC)cc3[C@H]3[C@H](CCCCO)[C@@H](CCCCO)C=C(C(=NOCc4ccccc4)C[C@@H]1N(Cc1ccc(F)cc1)C(=O)CCCCCCCCCCC)[C@H]32. The summed E-state index contributed by atoms with van der Waals surface area (Å²) in [6.07, 6.45) is 18.4. The first-order valence-electron chi connectivity index (χ1n) is 25.5. The monoisotopic (exact) mass is 938 g/mol. The second-order valence-electron chi connectivity index (χ2n) is 18.7. The first-order valence-corrected chi connectivity index (χ1v) is 25.5. The molecule has 6 rings (SSSR count). The third-order valence-corrected chi connectivity index (χ3v) is 13.9. The third-order valence-electron chi connectivity index (χ3n) is 13.9. The van der Waals surface area contributed by atoms with Crippen LogP contribution in [-0.4, -0.2) is 71.0 Å². The van der Waals surface area contributed by atoms with E-state index in [4.69, 9.17) is 24.2 Å². The van der Waals surface area contributed by atoms with Gasteiger partial charge in [-0.2, -0.15) is 0 Å². The molecule has 370 valence electrons. The molecule has 0 radical (unpaired) electrons. The van der Waals surface area contributed by atoms with Crippen LogP contribution in [0, 0.1) is 23.6 Å². The van der Waals surface area contributed by atoms with E-state index < -0.39 is 23.8 Å². The molecule has 0 unspecified atom stereocenters. The predicted octanol–water partition coefficient (Wildman–Crippen LogP) is 11.7. The van der Waals surface area contributed by atoms with Crippen molar-refractivity contribution in [1.29, 1.82) is 0 Å². The fourth-order valence-corrected chi connectivity index (χ4v) is 10.6. The molecule has 6 atom stereocenters. The number of nitrogens with one attached hydrogen (secondary N) is 1. The number of carbonyl (C=O) groups is 2. The predicted molar refractivity (Wildman–Crippen MR) is 265 cm³/mol. The second kappa shape index (κ2) is 27.2. The number of nitrogens with zero attached hydrogens (tertiary/aromatic N) is 2. The number of carbonyl (C=O) groups excluding carboxylic acids is 2. The fourth-order valence-electron chi connectivity index (χ4n) is 10.6. The number of rotatable bonds is 29. The van der Waals surface area contributed by atoms with Crippen LogP contribution in [0.3, 0.4) is 0 Å². The summed E-state index contributed by atoms with van der Waals surface area (Å²) >= 11 is 0. The van der Waals surface area contributed by atoms with Gasteiger partial charge in [0.2, 0.25) is 11.7 Å². The van der Waals surface area contributed by atoms with Gasteiger partial charge in [0.05, 0.1) is 18.2 Å². The number of hydrogen-bond donors (Lipinski definition) is 3. The Balaban J connectivity index is 1.52. The molecule has 3 aromatic rings. The molecule has 0 bridgehead atoms. The van der Waals surface area contributed by atoms with E-state index in [0.717, 1.165) is 73.6 Å². The smallest absolute Gasteiger partial charge is 0.412 e. The maximum Gasteiger partial charge on any atom is 0.412 e. The average Bonchev–Trinajstić information content (AvgIpc) is 3.34. The Bertz CT molecular complexity index is 2100. The number of aliphatic hydroxyl groups is 2. The Morgan fingerprint density at radius 3 is 2.28 bits per heavy atom. The van der Waals surface area contributed by atoms with Crippen LogP contribution in [0.25, 0.3) is 0 Å². The first-order chi connectivity index (χ1) is 33.3. The number of unbranched alkanes of at least 4 members (excludes halogenated alkanes) is 10. The third kappa shape index (κ3) is 13.8. The Morgan fingerprint density at radius 2 is 1.59 bits per heavy atom. The number of oxime groups is 1. The minimum Gasteiger partial charge on any atom is -0.459 e. The van der Waals surface area contributed by atoms with E-state index in [1.807, 2.05) is 54.3 Å². The highest BCUT2D eigenvalue weighted by Gasteiger charge is 2.65. The van der Waals surface area contributed by atoms with Crippen LogP contribution < -0.4 is 14.8 Å². The molecule has 3 N–H and O–H groups in total. The van der Waals surface area contributed by atoms with Crippen molar-refractivity contribution in [3.05, 3.63) is 120 Å². The average molecular weight is 938 g/mol. The lowest BCUT2D eigenvalue weighted by Gasteiger charge is -2.60. The van der Waals surface area contributed by atoms with Crippen molar-refractivity contribution in [3.8, 4) is 11.5 Å². The molecule has 1 fully saturated rings. The van der Waals surface area contributed by atoms with Crippen LogP contribution in [-0.2, 0) is 27.5 Å². The number of halogens is 1. The molecule has 3 aliphatic rings. The summed E-state index contributed by atoms with van der Waals surface area (Å²) in [5.41, 5.74) is 4.15. The van der Waals surface area contributed by atoms with Crippen LogP contribution in [0.4, 0.5) is 9.18 Å². The number of aliphatic hydroxyl groups excluding tert-OH is 2. The van der Waals surface area contributed by atoms with Crippen molar-refractivity contribution in [3.63, 3.8) is 0 Å². The van der Waals surface area contributed by atoms with Crippen molar-refractivity contribution in [1.82, 2.24) is 10.2 Å². The van der Waals surface area contributed by atoms with E-state index in [9.17, 15) is 19.4 Å². The summed E-state index contributed by atoms with van der Waals surface area (Å²) in [4.78, 5) is 36.2.